The second kappa shape index (κ2) is 9.49. The van der Waals surface area contributed by atoms with E-state index in [0.717, 1.165) is 10.4 Å². The van der Waals surface area contributed by atoms with Crippen molar-refractivity contribution in [2.24, 2.45) is 0 Å². The number of nitrogens with zero attached hydrogens (tertiary/aromatic N) is 4. The number of hydrogen-bond donors (Lipinski definition) is 1. The Hall–Kier alpha value is -3.24. The minimum atomic E-state index is -0.329. The molecule has 1 aromatic carbocycles. The van der Waals surface area contributed by atoms with Crippen molar-refractivity contribution < 1.29 is 9.21 Å². The van der Waals surface area contributed by atoms with Crippen LogP contribution in [0.1, 0.15) is 25.7 Å². The molecule has 4 rings (SSSR count). The lowest BCUT2D eigenvalue weighted by Crippen LogP contribution is -2.23. The Labute approximate surface area is 192 Å². The molecule has 3 heterocycles. The number of carbonyl (C=O) groups is 1. The summed E-state index contributed by atoms with van der Waals surface area (Å²) in [5.74, 6) is 0.223. The van der Waals surface area contributed by atoms with Gasteiger partial charge in [0.1, 0.15) is 4.83 Å². The molecule has 0 unspecified atom stereocenters. The Morgan fingerprint density at radius 2 is 2.09 bits per heavy atom. The Kier molecular flexibility index (Phi) is 6.52. The molecule has 0 fully saturated rings. The Morgan fingerprint density at radius 1 is 1.31 bits per heavy atom. The minimum Gasteiger partial charge on any atom is -0.408 e. The predicted molar refractivity (Wildman–Crippen MR) is 127 cm³/mol. The van der Waals surface area contributed by atoms with Gasteiger partial charge in [-0.2, -0.15) is 0 Å². The summed E-state index contributed by atoms with van der Waals surface area (Å²) in [6, 6.07) is 11.8. The summed E-state index contributed by atoms with van der Waals surface area (Å²) in [7, 11) is 0. The summed E-state index contributed by atoms with van der Waals surface area (Å²) >= 11 is 2.62. The van der Waals surface area contributed by atoms with Crippen LogP contribution in [0.2, 0.25) is 0 Å². The zero-order valence-electron chi connectivity index (χ0n) is 17.6. The van der Waals surface area contributed by atoms with E-state index in [1.807, 2.05) is 50.2 Å². The summed E-state index contributed by atoms with van der Waals surface area (Å²) < 4.78 is 6.93. The van der Waals surface area contributed by atoms with Gasteiger partial charge in [-0.05, 0) is 11.6 Å². The molecule has 10 heteroatoms. The molecule has 3 aromatic heterocycles. The molecule has 0 aliphatic rings. The fourth-order valence-electron chi connectivity index (χ4n) is 2.95. The van der Waals surface area contributed by atoms with E-state index in [4.69, 9.17) is 4.42 Å². The smallest absolute Gasteiger partial charge is 0.322 e. The number of fused-ring (bicyclic) bond motifs is 1. The van der Waals surface area contributed by atoms with Crippen molar-refractivity contribution in [3.63, 3.8) is 0 Å². The summed E-state index contributed by atoms with van der Waals surface area (Å²) in [6.07, 6.45) is 1.63. The second-order valence-corrected chi connectivity index (χ2v) is 9.20. The standard InChI is InChI=1S/C22H21N5O3S2/c1-4-10-27-20(29)15-11-16(14-8-6-5-7-9-14)32-19(15)24-22(27)31-12-17(28)23-21-26-25-18(30-21)13(2)3/h4-9,11,13H,1,10,12H2,2-3H3,(H,23,26,28). The van der Waals surface area contributed by atoms with Gasteiger partial charge in [-0.1, -0.05) is 67.1 Å². The molecule has 0 saturated heterocycles. The van der Waals surface area contributed by atoms with Crippen molar-refractivity contribution in [1.82, 2.24) is 19.7 Å². The fraction of sp³-hybridized carbons (Fsp3) is 0.227. The third-order valence-corrected chi connectivity index (χ3v) is 6.55. The number of thiophene rings is 1. The molecule has 4 aromatic rings. The van der Waals surface area contributed by atoms with Crippen molar-refractivity contribution in [2.75, 3.05) is 11.1 Å². The van der Waals surface area contributed by atoms with Crippen LogP contribution in [0.3, 0.4) is 0 Å². The van der Waals surface area contributed by atoms with E-state index in [9.17, 15) is 9.59 Å². The molecule has 8 nitrogen and oxygen atoms in total. The van der Waals surface area contributed by atoms with Gasteiger partial charge in [0.2, 0.25) is 11.8 Å². The number of nitrogens with one attached hydrogen (secondary N) is 1. The number of aromatic nitrogens is 4. The highest BCUT2D eigenvalue weighted by Crippen LogP contribution is 2.32. The van der Waals surface area contributed by atoms with Crippen LogP contribution in [-0.2, 0) is 11.3 Å². The molecule has 1 amide bonds. The van der Waals surface area contributed by atoms with Gasteiger partial charge in [0, 0.05) is 17.3 Å². The molecule has 0 spiro atoms. The van der Waals surface area contributed by atoms with Crippen molar-refractivity contribution in [1.29, 1.82) is 0 Å². The zero-order valence-corrected chi connectivity index (χ0v) is 19.2. The van der Waals surface area contributed by atoms with Crippen LogP contribution in [0.15, 0.2) is 63.4 Å². The highest BCUT2D eigenvalue weighted by atomic mass is 32.2. The van der Waals surface area contributed by atoms with Gasteiger partial charge in [0.15, 0.2) is 5.16 Å². The maximum Gasteiger partial charge on any atom is 0.322 e. The van der Waals surface area contributed by atoms with Gasteiger partial charge in [-0.25, -0.2) is 4.98 Å². The number of thioether (sulfide) groups is 1. The van der Waals surface area contributed by atoms with Gasteiger partial charge in [-0.15, -0.1) is 23.0 Å². The van der Waals surface area contributed by atoms with E-state index in [1.54, 1.807) is 6.08 Å². The minimum absolute atomic E-state index is 0.0331. The monoisotopic (exact) mass is 467 g/mol. The molecule has 0 atom stereocenters. The number of allylic oxidation sites excluding steroid dienone is 1. The van der Waals surface area contributed by atoms with E-state index in [2.05, 4.69) is 27.1 Å². The number of rotatable bonds is 8. The van der Waals surface area contributed by atoms with E-state index < -0.39 is 0 Å². The highest BCUT2D eigenvalue weighted by molar-refractivity contribution is 7.99. The van der Waals surface area contributed by atoms with Gasteiger partial charge in [0.25, 0.3) is 5.56 Å². The number of anilines is 1. The molecule has 1 N–H and O–H groups in total. The molecule has 0 aliphatic carbocycles. The van der Waals surface area contributed by atoms with Gasteiger partial charge in [0.05, 0.1) is 11.1 Å². The first-order valence-electron chi connectivity index (χ1n) is 9.93. The number of carbonyl (C=O) groups excluding carboxylic acids is 1. The van der Waals surface area contributed by atoms with Crippen LogP contribution < -0.4 is 10.9 Å². The number of hydrogen-bond acceptors (Lipinski definition) is 8. The largest absolute Gasteiger partial charge is 0.408 e. The SMILES string of the molecule is C=CCn1c(SCC(=O)Nc2nnc(C(C)C)o2)nc2sc(-c3ccccc3)cc2c1=O. The van der Waals surface area contributed by atoms with Crippen LogP contribution in [0.5, 0.6) is 0 Å². The second-order valence-electron chi connectivity index (χ2n) is 7.23. The first kappa shape index (κ1) is 22.0. The lowest BCUT2D eigenvalue weighted by Gasteiger charge is -2.09. The first-order valence-corrected chi connectivity index (χ1v) is 11.7. The van der Waals surface area contributed by atoms with Crippen LogP contribution >= 0.6 is 23.1 Å². The van der Waals surface area contributed by atoms with Crippen molar-refractivity contribution in [3.8, 4) is 10.4 Å². The normalized spacial score (nSPS) is 11.2. The lowest BCUT2D eigenvalue weighted by molar-refractivity contribution is -0.113. The summed E-state index contributed by atoms with van der Waals surface area (Å²) in [4.78, 5) is 31.8. The van der Waals surface area contributed by atoms with Crippen molar-refractivity contribution >= 4 is 45.2 Å². The third-order valence-electron chi connectivity index (χ3n) is 4.50. The molecule has 164 valence electrons. The summed E-state index contributed by atoms with van der Waals surface area (Å²) in [5, 5.41) is 11.3. The highest BCUT2D eigenvalue weighted by Gasteiger charge is 2.17. The van der Waals surface area contributed by atoms with E-state index in [-0.39, 0.29) is 29.2 Å². The van der Waals surface area contributed by atoms with E-state index in [1.165, 1.54) is 27.7 Å². The van der Waals surface area contributed by atoms with E-state index in [0.29, 0.717) is 27.8 Å². The quantitative estimate of drug-likeness (QED) is 0.230. The number of amides is 1. The Morgan fingerprint density at radius 3 is 2.78 bits per heavy atom. The van der Waals surface area contributed by atoms with Gasteiger partial charge < -0.3 is 4.42 Å². The van der Waals surface area contributed by atoms with Crippen LogP contribution in [0, 0.1) is 0 Å². The van der Waals surface area contributed by atoms with Crippen LogP contribution in [-0.4, -0.2) is 31.4 Å². The van der Waals surface area contributed by atoms with Crippen molar-refractivity contribution in [2.45, 2.75) is 31.5 Å². The molecule has 0 bridgehead atoms. The molecule has 32 heavy (non-hydrogen) atoms. The first-order chi connectivity index (χ1) is 15.5. The fourth-order valence-corrected chi connectivity index (χ4v) is 4.83. The Balaban J connectivity index is 1.57. The topological polar surface area (TPSA) is 103 Å². The summed E-state index contributed by atoms with van der Waals surface area (Å²) in [6.45, 7) is 7.87. The molecular weight excluding hydrogens is 446 g/mol. The van der Waals surface area contributed by atoms with Gasteiger partial charge in [-0.3, -0.25) is 19.5 Å². The molecular formula is C22H21N5O3S2. The lowest BCUT2D eigenvalue weighted by atomic mass is 10.2. The zero-order chi connectivity index (χ0) is 22.7. The van der Waals surface area contributed by atoms with Gasteiger partial charge >= 0.3 is 6.01 Å². The molecule has 0 radical (unpaired) electrons. The third kappa shape index (κ3) is 4.66. The van der Waals surface area contributed by atoms with Crippen LogP contribution in [0.4, 0.5) is 6.01 Å². The average molecular weight is 468 g/mol. The van der Waals surface area contributed by atoms with Crippen molar-refractivity contribution in [3.05, 3.63) is 65.3 Å². The predicted octanol–water partition coefficient (Wildman–Crippen LogP) is 4.55. The maximum atomic E-state index is 13.1. The molecule has 0 aliphatic heterocycles. The average Bonchev–Trinajstić information content (AvgIpc) is 3.43. The number of benzene rings is 1. The van der Waals surface area contributed by atoms with Crippen LogP contribution in [0.25, 0.3) is 20.7 Å². The summed E-state index contributed by atoms with van der Waals surface area (Å²) in [5.41, 5.74) is 0.869. The maximum absolute atomic E-state index is 13.1. The molecule has 0 saturated carbocycles. The Bertz CT molecular complexity index is 1320. The van der Waals surface area contributed by atoms with E-state index >= 15 is 0 Å².